The molecule has 0 saturated heterocycles. The van der Waals surface area contributed by atoms with Crippen molar-refractivity contribution in [2.75, 3.05) is 6.61 Å². The Bertz CT molecular complexity index is 83.1. The van der Waals surface area contributed by atoms with Gasteiger partial charge in [0.25, 0.3) is 0 Å². The molecular weight excluding hydrogens is 123 g/mol. The summed E-state index contributed by atoms with van der Waals surface area (Å²) < 4.78 is 12.7. The molecule has 9 heavy (non-hydrogen) atoms. The lowest BCUT2D eigenvalue weighted by Gasteiger charge is -2.22. The zero-order valence-electron chi connectivity index (χ0n) is 5.76. The van der Waals surface area contributed by atoms with Crippen LogP contribution in [-0.4, -0.2) is 28.6 Å². The first-order chi connectivity index (χ1) is 4.04. The molecule has 0 heterocycles. The van der Waals surface area contributed by atoms with Gasteiger partial charge in [0.05, 0.1) is 12.7 Å². The van der Waals surface area contributed by atoms with Crippen LogP contribution in [0, 0.1) is 0 Å². The summed E-state index contributed by atoms with van der Waals surface area (Å²) in [6, 6.07) is 0. The summed E-state index contributed by atoms with van der Waals surface area (Å²) in [5.41, 5.74) is -1.84. The molecule has 0 amide bonds. The van der Waals surface area contributed by atoms with Gasteiger partial charge in [-0.15, -0.1) is 0 Å². The van der Waals surface area contributed by atoms with Gasteiger partial charge >= 0.3 is 0 Å². The highest BCUT2D eigenvalue weighted by atomic mass is 19.1. The number of alkyl halides is 1. The van der Waals surface area contributed by atoms with E-state index in [-0.39, 0.29) is 0 Å². The zero-order chi connectivity index (χ0) is 7.49. The number of hydrogen-bond acceptors (Lipinski definition) is 2. The summed E-state index contributed by atoms with van der Waals surface area (Å²) in [4.78, 5) is 0. The maximum absolute atomic E-state index is 12.7. The van der Waals surface area contributed by atoms with E-state index in [9.17, 15) is 4.39 Å². The van der Waals surface area contributed by atoms with Crippen molar-refractivity contribution in [3.8, 4) is 0 Å². The molecule has 56 valence electrons. The molecule has 0 aliphatic rings. The molecule has 0 aromatic carbocycles. The monoisotopic (exact) mass is 136 g/mol. The Morgan fingerprint density at radius 3 is 2.22 bits per heavy atom. The van der Waals surface area contributed by atoms with Crippen LogP contribution in [0.3, 0.4) is 0 Å². The molecular formula is C6H13FO2. The van der Waals surface area contributed by atoms with Crippen LogP contribution in [0.1, 0.15) is 20.3 Å². The average Bonchev–Trinajstić information content (AvgIpc) is 1.86. The summed E-state index contributed by atoms with van der Waals surface area (Å²) in [6.45, 7) is 2.22. The smallest absolute Gasteiger partial charge is 0.156 e. The first-order valence-electron chi connectivity index (χ1n) is 3.02. The van der Waals surface area contributed by atoms with Crippen LogP contribution in [0.2, 0.25) is 0 Å². The number of hydrogen-bond donors (Lipinski definition) is 2. The van der Waals surface area contributed by atoms with Gasteiger partial charge in [-0.05, 0) is 13.3 Å². The molecule has 0 aromatic heterocycles. The molecule has 0 rings (SSSR count). The molecule has 0 aliphatic carbocycles. The highest BCUT2D eigenvalue weighted by Crippen LogP contribution is 2.16. The van der Waals surface area contributed by atoms with Gasteiger partial charge in [0.2, 0.25) is 0 Å². The van der Waals surface area contributed by atoms with Gasteiger partial charge in [-0.2, -0.15) is 0 Å². The minimum atomic E-state index is -1.84. The van der Waals surface area contributed by atoms with E-state index in [2.05, 4.69) is 0 Å². The molecule has 0 bridgehead atoms. The molecule has 2 atom stereocenters. The molecule has 0 saturated carbocycles. The van der Waals surface area contributed by atoms with Crippen molar-refractivity contribution in [2.45, 2.75) is 32.0 Å². The minimum absolute atomic E-state index is 0.327. The van der Waals surface area contributed by atoms with Crippen molar-refractivity contribution in [3.05, 3.63) is 0 Å². The maximum Gasteiger partial charge on any atom is 0.156 e. The van der Waals surface area contributed by atoms with Crippen LogP contribution in [0.4, 0.5) is 4.39 Å². The van der Waals surface area contributed by atoms with Gasteiger partial charge in [-0.1, -0.05) is 6.92 Å². The lowest BCUT2D eigenvalue weighted by Crippen LogP contribution is -2.37. The van der Waals surface area contributed by atoms with Gasteiger partial charge in [0, 0.05) is 0 Å². The van der Waals surface area contributed by atoms with Gasteiger partial charge < -0.3 is 10.2 Å². The molecule has 3 heteroatoms. The number of halogens is 1. The Morgan fingerprint density at radius 1 is 1.67 bits per heavy atom. The van der Waals surface area contributed by atoms with E-state index in [1.54, 1.807) is 6.92 Å². The van der Waals surface area contributed by atoms with Crippen LogP contribution in [0.5, 0.6) is 0 Å². The van der Waals surface area contributed by atoms with Gasteiger partial charge in [-0.25, -0.2) is 4.39 Å². The van der Waals surface area contributed by atoms with Crippen molar-refractivity contribution in [3.63, 3.8) is 0 Å². The van der Waals surface area contributed by atoms with E-state index in [4.69, 9.17) is 10.2 Å². The van der Waals surface area contributed by atoms with Gasteiger partial charge in [-0.3, -0.25) is 0 Å². The standard InChI is InChI=1S/C6H13FO2/c1-3-5(9)6(2,7)4-8/h5,8-9H,3-4H2,1-2H3. The van der Waals surface area contributed by atoms with Gasteiger partial charge in [0.1, 0.15) is 0 Å². The Labute approximate surface area is 54.3 Å². The van der Waals surface area contributed by atoms with Crippen molar-refractivity contribution in [1.29, 1.82) is 0 Å². The molecule has 0 spiro atoms. The average molecular weight is 136 g/mol. The molecule has 0 fully saturated rings. The number of rotatable bonds is 3. The third-order valence-electron chi connectivity index (χ3n) is 1.39. The van der Waals surface area contributed by atoms with E-state index < -0.39 is 18.4 Å². The fraction of sp³-hybridized carbons (Fsp3) is 1.00. The van der Waals surface area contributed by atoms with Crippen molar-refractivity contribution < 1.29 is 14.6 Å². The first-order valence-corrected chi connectivity index (χ1v) is 3.02. The quantitative estimate of drug-likeness (QED) is 0.592. The number of aliphatic hydroxyl groups is 2. The van der Waals surface area contributed by atoms with Gasteiger partial charge in [0.15, 0.2) is 5.67 Å². The second-order valence-electron chi connectivity index (χ2n) is 2.36. The Morgan fingerprint density at radius 2 is 2.11 bits per heavy atom. The topological polar surface area (TPSA) is 40.5 Å². The SMILES string of the molecule is CCC(O)C(C)(F)CO. The summed E-state index contributed by atoms with van der Waals surface area (Å²) >= 11 is 0. The summed E-state index contributed by atoms with van der Waals surface area (Å²) in [6.07, 6.45) is -0.726. The van der Waals surface area contributed by atoms with E-state index in [0.717, 1.165) is 0 Å². The Hall–Kier alpha value is -0.150. The fourth-order valence-corrected chi connectivity index (χ4v) is 0.531. The predicted molar refractivity (Wildman–Crippen MR) is 32.9 cm³/mol. The molecule has 0 aromatic rings. The van der Waals surface area contributed by atoms with E-state index in [0.29, 0.717) is 6.42 Å². The fourth-order valence-electron chi connectivity index (χ4n) is 0.531. The summed E-state index contributed by atoms with van der Waals surface area (Å²) in [5, 5.41) is 17.2. The highest BCUT2D eigenvalue weighted by molar-refractivity contribution is 4.79. The second kappa shape index (κ2) is 3.13. The lowest BCUT2D eigenvalue weighted by atomic mass is 10.0. The van der Waals surface area contributed by atoms with Crippen molar-refractivity contribution in [1.82, 2.24) is 0 Å². The van der Waals surface area contributed by atoms with Crippen molar-refractivity contribution >= 4 is 0 Å². The molecule has 2 unspecified atom stereocenters. The van der Waals surface area contributed by atoms with E-state index >= 15 is 0 Å². The van der Waals surface area contributed by atoms with E-state index in [1.807, 2.05) is 0 Å². The van der Waals surface area contributed by atoms with Crippen LogP contribution in [-0.2, 0) is 0 Å². The minimum Gasteiger partial charge on any atom is -0.393 e. The Kier molecular flexibility index (Phi) is 3.08. The molecule has 0 aliphatic heterocycles. The normalized spacial score (nSPS) is 21.0. The van der Waals surface area contributed by atoms with E-state index in [1.165, 1.54) is 6.92 Å². The third kappa shape index (κ3) is 2.28. The molecule has 2 nitrogen and oxygen atoms in total. The molecule has 0 radical (unpaired) electrons. The van der Waals surface area contributed by atoms with Crippen LogP contribution in [0.25, 0.3) is 0 Å². The number of aliphatic hydroxyl groups excluding tert-OH is 2. The van der Waals surface area contributed by atoms with Crippen molar-refractivity contribution in [2.24, 2.45) is 0 Å². The predicted octanol–water partition coefficient (Wildman–Crippen LogP) is 0.478. The first kappa shape index (κ1) is 8.85. The van der Waals surface area contributed by atoms with Crippen LogP contribution in [0.15, 0.2) is 0 Å². The largest absolute Gasteiger partial charge is 0.393 e. The maximum atomic E-state index is 12.7. The second-order valence-corrected chi connectivity index (χ2v) is 2.36. The van der Waals surface area contributed by atoms with Crippen LogP contribution < -0.4 is 0 Å². The van der Waals surface area contributed by atoms with Crippen LogP contribution >= 0.6 is 0 Å². The Balaban J connectivity index is 3.80. The lowest BCUT2D eigenvalue weighted by molar-refractivity contribution is -0.0341. The molecule has 2 N–H and O–H groups in total. The summed E-state index contributed by atoms with van der Waals surface area (Å²) in [7, 11) is 0. The third-order valence-corrected chi connectivity index (χ3v) is 1.39. The summed E-state index contributed by atoms with van der Waals surface area (Å²) in [5.74, 6) is 0. The zero-order valence-corrected chi connectivity index (χ0v) is 5.76. The highest BCUT2D eigenvalue weighted by Gasteiger charge is 2.30.